The number of carbonyl (C=O) groups excluding carboxylic acids is 1. The second-order valence-corrected chi connectivity index (χ2v) is 9.39. The van der Waals surface area contributed by atoms with E-state index >= 15 is 0 Å². The lowest BCUT2D eigenvalue weighted by molar-refractivity contribution is -0.116. The Hall–Kier alpha value is -2.99. The molecule has 32 heavy (non-hydrogen) atoms. The zero-order valence-electron chi connectivity index (χ0n) is 16.7. The Morgan fingerprint density at radius 2 is 1.84 bits per heavy atom. The molecule has 0 atom stereocenters. The number of anilines is 1. The predicted molar refractivity (Wildman–Crippen MR) is 118 cm³/mol. The van der Waals surface area contributed by atoms with Crippen LogP contribution < -0.4 is 16.6 Å². The maximum Gasteiger partial charge on any atom is 0.329 e. The number of fused-ring (bicyclic) bond motifs is 1. The molecular formula is C20H19ClN4O6S. The minimum atomic E-state index is -3.89. The van der Waals surface area contributed by atoms with Gasteiger partial charge in [-0.3, -0.25) is 14.2 Å². The molecule has 2 N–H and O–H groups in total. The zero-order chi connectivity index (χ0) is 22.9. The van der Waals surface area contributed by atoms with Gasteiger partial charge < -0.3 is 15.0 Å². The molecule has 1 saturated heterocycles. The normalized spacial score (nSPS) is 15.0. The molecule has 0 unspecified atom stereocenters. The Balaban J connectivity index is 1.58. The summed E-state index contributed by atoms with van der Waals surface area (Å²) in [5.41, 5.74) is -0.798. The van der Waals surface area contributed by atoms with E-state index in [1.165, 1.54) is 22.5 Å². The van der Waals surface area contributed by atoms with Gasteiger partial charge >= 0.3 is 5.69 Å². The number of rotatable bonds is 5. The quantitative estimate of drug-likeness (QED) is 0.562. The number of hydrogen-bond donors (Lipinski definition) is 2. The van der Waals surface area contributed by atoms with Crippen molar-refractivity contribution in [1.29, 1.82) is 0 Å². The first-order valence-electron chi connectivity index (χ1n) is 9.66. The number of amides is 1. The Morgan fingerprint density at radius 1 is 1.12 bits per heavy atom. The summed E-state index contributed by atoms with van der Waals surface area (Å²) in [5.74, 6) is -0.676. The van der Waals surface area contributed by atoms with Crippen LogP contribution in [0.5, 0.6) is 0 Å². The van der Waals surface area contributed by atoms with Crippen LogP contribution in [0.3, 0.4) is 0 Å². The topological polar surface area (TPSA) is 131 Å². The SMILES string of the molecule is O=C(Cn1c(=O)[nH]c2ccccc2c1=O)Nc1ccc(Cl)c(S(=O)(=O)N2CCOCC2)c1. The average molecular weight is 479 g/mol. The zero-order valence-corrected chi connectivity index (χ0v) is 18.3. The second-order valence-electron chi connectivity index (χ2n) is 7.08. The van der Waals surface area contributed by atoms with Crippen molar-refractivity contribution in [2.24, 2.45) is 0 Å². The molecule has 1 amide bonds. The van der Waals surface area contributed by atoms with E-state index in [2.05, 4.69) is 10.3 Å². The number of carbonyl (C=O) groups is 1. The number of hydrogen-bond acceptors (Lipinski definition) is 6. The van der Waals surface area contributed by atoms with Gasteiger partial charge in [0.25, 0.3) is 5.56 Å². The van der Waals surface area contributed by atoms with Gasteiger partial charge in [-0.1, -0.05) is 23.7 Å². The van der Waals surface area contributed by atoms with Crippen LogP contribution in [-0.4, -0.2) is 54.5 Å². The van der Waals surface area contributed by atoms with Crippen molar-refractivity contribution < 1.29 is 17.9 Å². The van der Waals surface area contributed by atoms with Crippen molar-refractivity contribution >= 4 is 44.1 Å². The molecule has 0 saturated carbocycles. The fourth-order valence-corrected chi connectivity index (χ4v) is 5.30. The summed E-state index contributed by atoms with van der Waals surface area (Å²) in [7, 11) is -3.89. The van der Waals surface area contributed by atoms with Crippen molar-refractivity contribution in [2.45, 2.75) is 11.4 Å². The number of halogens is 1. The Kier molecular flexibility index (Phi) is 6.15. The summed E-state index contributed by atoms with van der Waals surface area (Å²) in [6.07, 6.45) is 0. The molecule has 3 aromatic rings. The fraction of sp³-hybridized carbons (Fsp3) is 0.250. The molecule has 2 aromatic carbocycles. The Labute approximate surface area is 187 Å². The van der Waals surface area contributed by atoms with Crippen LogP contribution in [0.2, 0.25) is 5.02 Å². The standard InChI is InChI=1S/C20H19ClN4O6S/c21-15-6-5-13(11-17(15)32(29,30)24-7-9-31-10-8-24)22-18(26)12-25-19(27)14-3-1-2-4-16(14)23-20(25)28/h1-6,11H,7-10,12H2,(H,22,26)(H,23,28). The van der Waals surface area contributed by atoms with Crippen LogP contribution in [0.25, 0.3) is 10.9 Å². The summed E-state index contributed by atoms with van der Waals surface area (Å²) in [4.78, 5) is 39.8. The number of ether oxygens (including phenoxy) is 1. The number of para-hydroxylation sites is 1. The highest BCUT2D eigenvalue weighted by atomic mass is 35.5. The first-order valence-corrected chi connectivity index (χ1v) is 11.5. The Bertz CT molecular complexity index is 1410. The van der Waals surface area contributed by atoms with Gasteiger partial charge in [-0.2, -0.15) is 4.31 Å². The van der Waals surface area contributed by atoms with Crippen LogP contribution in [0, 0.1) is 0 Å². The molecule has 1 aliphatic rings. The third kappa shape index (κ3) is 4.32. The molecule has 1 aromatic heterocycles. The van der Waals surface area contributed by atoms with E-state index in [0.717, 1.165) is 4.57 Å². The van der Waals surface area contributed by atoms with Crippen LogP contribution in [-0.2, 0) is 26.1 Å². The van der Waals surface area contributed by atoms with Crippen LogP contribution >= 0.6 is 11.6 Å². The summed E-state index contributed by atoms with van der Waals surface area (Å²) < 4.78 is 33.1. The van der Waals surface area contributed by atoms with E-state index in [1.54, 1.807) is 24.3 Å². The summed E-state index contributed by atoms with van der Waals surface area (Å²) >= 11 is 6.12. The van der Waals surface area contributed by atoms with Gasteiger partial charge in [0.1, 0.15) is 11.4 Å². The van der Waals surface area contributed by atoms with Crippen molar-refractivity contribution in [3.8, 4) is 0 Å². The highest BCUT2D eigenvalue weighted by molar-refractivity contribution is 7.89. The van der Waals surface area contributed by atoms with Gasteiger partial charge in [0.2, 0.25) is 15.9 Å². The Morgan fingerprint density at radius 3 is 2.59 bits per heavy atom. The van der Waals surface area contributed by atoms with Crippen molar-refractivity contribution in [2.75, 3.05) is 31.6 Å². The van der Waals surface area contributed by atoms with Gasteiger partial charge in [0, 0.05) is 18.8 Å². The lowest BCUT2D eigenvalue weighted by Crippen LogP contribution is -2.40. The minimum absolute atomic E-state index is 0.0108. The predicted octanol–water partition coefficient (Wildman–Crippen LogP) is 1.00. The van der Waals surface area contributed by atoms with E-state index in [1.807, 2.05) is 0 Å². The van der Waals surface area contributed by atoms with Gasteiger partial charge in [0.05, 0.1) is 29.1 Å². The van der Waals surface area contributed by atoms with Gasteiger partial charge in [-0.05, 0) is 30.3 Å². The molecule has 2 heterocycles. The number of sulfonamides is 1. The van der Waals surface area contributed by atoms with E-state index in [4.69, 9.17) is 16.3 Å². The number of aromatic nitrogens is 2. The monoisotopic (exact) mass is 478 g/mol. The number of nitrogens with one attached hydrogen (secondary N) is 2. The highest BCUT2D eigenvalue weighted by Crippen LogP contribution is 2.28. The van der Waals surface area contributed by atoms with Gasteiger partial charge in [0.15, 0.2) is 0 Å². The average Bonchev–Trinajstić information content (AvgIpc) is 2.78. The van der Waals surface area contributed by atoms with Gasteiger partial charge in [-0.15, -0.1) is 0 Å². The summed E-state index contributed by atoms with van der Waals surface area (Å²) in [5, 5.41) is 2.80. The lowest BCUT2D eigenvalue weighted by atomic mass is 10.2. The third-order valence-corrected chi connectivity index (χ3v) is 7.37. The van der Waals surface area contributed by atoms with E-state index in [0.29, 0.717) is 5.52 Å². The second kappa shape index (κ2) is 8.87. The molecule has 0 aliphatic carbocycles. The van der Waals surface area contributed by atoms with Crippen LogP contribution in [0.4, 0.5) is 5.69 Å². The molecule has 1 aliphatic heterocycles. The number of aromatic amines is 1. The molecule has 0 bridgehead atoms. The van der Waals surface area contributed by atoms with Crippen molar-refractivity contribution in [3.05, 3.63) is 68.3 Å². The summed E-state index contributed by atoms with van der Waals surface area (Å²) in [6.45, 7) is 0.406. The molecule has 168 valence electrons. The smallest absolute Gasteiger partial charge is 0.329 e. The number of morpholine rings is 1. The molecule has 12 heteroatoms. The minimum Gasteiger partial charge on any atom is -0.379 e. The molecule has 1 fully saturated rings. The maximum atomic E-state index is 12.9. The highest BCUT2D eigenvalue weighted by Gasteiger charge is 2.28. The first kappa shape index (κ1) is 22.2. The molecule has 10 nitrogen and oxygen atoms in total. The molecular weight excluding hydrogens is 460 g/mol. The largest absolute Gasteiger partial charge is 0.379 e. The lowest BCUT2D eigenvalue weighted by Gasteiger charge is -2.26. The van der Waals surface area contributed by atoms with E-state index in [9.17, 15) is 22.8 Å². The first-order chi connectivity index (χ1) is 15.3. The van der Waals surface area contributed by atoms with E-state index < -0.39 is 33.7 Å². The van der Waals surface area contributed by atoms with Crippen LogP contribution in [0.15, 0.2) is 56.9 Å². The van der Waals surface area contributed by atoms with E-state index in [-0.39, 0.29) is 47.3 Å². The number of nitrogens with zero attached hydrogens (tertiary/aromatic N) is 2. The number of H-pyrrole nitrogens is 1. The van der Waals surface area contributed by atoms with Crippen molar-refractivity contribution in [3.63, 3.8) is 0 Å². The third-order valence-electron chi connectivity index (χ3n) is 4.99. The maximum absolute atomic E-state index is 12.9. The molecule has 0 radical (unpaired) electrons. The number of benzene rings is 2. The fourth-order valence-electron chi connectivity index (χ4n) is 3.39. The molecule has 4 rings (SSSR count). The summed E-state index contributed by atoms with van der Waals surface area (Å²) in [6, 6.07) is 10.5. The van der Waals surface area contributed by atoms with Gasteiger partial charge in [-0.25, -0.2) is 13.2 Å². The van der Waals surface area contributed by atoms with Crippen molar-refractivity contribution in [1.82, 2.24) is 13.9 Å². The molecule has 0 spiro atoms. The van der Waals surface area contributed by atoms with Crippen LogP contribution in [0.1, 0.15) is 0 Å².